The average Bonchev–Trinajstić information content (AvgIpc) is 2.55. The Hall–Kier alpha value is -2.95. The van der Waals surface area contributed by atoms with Gasteiger partial charge in [0.15, 0.2) is 5.75 Å². The number of ether oxygens (including phenoxy) is 2. The smallest absolute Gasteiger partial charge is 0.387 e. The van der Waals surface area contributed by atoms with Gasteiger partial charge in [-0.1, -0.05) is 0 Å². The van der Waals surface area contributed by atoms with E-state index in [9.17, 15) is 27.3 Å². The van der Waals surface area contributed by atoms with Gasteiger partial charge in [-0.2, -0.15) is 8.78 Å². The highest BCUT2D eigenvalue weighted by Gasteiger charge is 2.22. The van der Waals surface area contributed by atoms with Crippen molar-refractivity contribution < 1.29 is 31.6 Å². The standard InChI is InChI=1S/C14H12F2N2O6S/c1-23-13-7-6-11(8-12(13)18(19)20)25(21,22)17-9-2-4-10(5-3-9)24-14(15)16/h2-8,14,17H,1H3. The first-order valence-corrected chi connectivity index (χ1v) is 8.11. The normalized spacial score (nSPS) is 11.2. The molecule has 0 saturated heterocycles. The minimum absolute atomic E-state index is 0.0695. The van der Waals surface area contributed by atoms with Crippen LogP contribution in [-0.4, -0.2) is 27.1 Å². The third-order valence-electron chi connectivity index (χ3n) is 2.99. The molecule has 0 aromatic heterocycles. The van der Waals surface area contributed by atoms with Gasteiger partial charge >= 0.3 is 12.3 Å². The molecule has 0 aliphatic carbocycles. The fourth-order valence-electron chi connectivity index (χ4n) is 1.90. The van der Waals surface area contributed by atoms with Gasteiger partial charge in [-0.05, 0) is 36.4 Å². The zero-order valence-corrected chi connectivity index (χ0v) is 13.5. The van der Waals surface area contributed by atoms with Crippen LogP contribution in [-0.2, 0) is 10.0 Å². The van der Waals surface area contributed by atoms with Crippen LogP contribution in [0.1, 0.15) is 0 Å². The lowest BCUT2D eigenvalue weighted by Crippen LogP contribution is -2.13. The molecular weight excluding hydrogens is 362 g/mol. The van der Waals surface area contributed by atoms with Crippen molar-refractivity contribution >= 4 is 21.4 Å². The number of halogens is 2. The van der Waals surface area contributed by atoms with E-state index < -0.39 is 27.2 Å². The van der Waals surface area contributed by atoms with Crippen LogP contribution in [0.4, 0.5) is 20.2 Å². The lowest BCUT2D eigenvalue weighted by atomic mass is 10.3. The first kappa shape index (κ1) is 18.4. The number of hydrogen-bond acceptors (Lipinski definition) is 6. The molecule has 0 heterocycles. The Labute approximate surface area is 141 Å². The Morgan fingerprint density at radius 3 is 2.32 bits per heavy atom. The second-order valence-corrected chi connectivity index (χ2v) is 6.28. The van der Waals surface area contributed by atoms with Crippen molar-refractivity contribution in [3.63, 3.8) is 0 Å². The molecule has 0 atom stereocenters. The number of anilines is 1. The summed E-state index contributed by atoms with van der Waals surface area (Å²) in [7, 11) is -2.91. The number of nitro benzene ring substituents is 1. The van der Waals surface area contributed by atoms with Gasteiger partial charge in [0, 0.05) is 11.8 Å². The number of nitro groups is 1. The van der Waals surface area contributed by atoms with Crippen molar-refractivity contribution in [2.45, 2.75) is 11.5 Å². The van der Waals surface area contributed by atoms with E-state index in [-0.39, 0.29) is 22.1 Å². The lowest BCUT2D eigenvalue weighted by Gasteiger charge is -2.10. The minimum Gasteiger partial charge on any atom is -0.490 e. The molecule has 0 aliphatic heterocycles. The summed E-state index contributed by atoms with van der Waals surface area (Å²) >= 11 is 0. The predicted molar refractivity (Wildman–Crippen MR) is 83.5 cm³/mol. The number of nitrogens with zero attached hydrogens (tertiary/aromatic N) is 1. The van der Waals surface area contributed by atoms with E-state index in [0.29, 0.717) is 0 Å². The maximum absolute atomic E-state index is 12.3. The number of alkyl halides is 2. The van der Waals surface area contributed by atoms with Crippen molar-refractivity contribution in [3.8, 4) is 11.5 Å². The van der Waals surface area contributed by atoms with Crippen molar-refractivity contribution in [2.24, 2.45) is 0 Å². The van der Waals surface area contributed by atoms with Crippen molar-refractivity contribution in [1.82, 2.24) is 0 Å². The van der Waals surface area contributed by atoms with Crippen LogP contribution in [0.25, 0.3) is 0 Å². The van der Waals surface area contributed by atoms with Gasteiger partial charge < -0.3 is 9.47 Å². The number of hydrogen-bond donors (Lipinski definition) is 1. The maximum atomic E-state index is 12.3. The molecule has 0 spiro atoms. The van der Waals surface area contributed by atoms with E-state index in [1.165, 1.54) is 19.2 Å². The first-order valence-electron chi connectivity index (χ1n) is 6.63. The molecular formula is C14H12F2N2O6S. The van der Waals surface area contributed by atoms with Crippen LogP contribution >= 0.6 is 0 Å². The molecule has 1 N–H and O–H groups in total. The summed E-state index contributed by atoms with van der Waals surface area (Å²) in [5.41, 5.74) is -0.439. The molecule has 25 heavy (non-hydrogen) atoms. The molecule has 11 heteroatoms. The van der Waals surface area contributed by atoms with Gasteiger partial charge in [0.05, 0.1) is 16.9 Å². The number of benzene rings is 2. The highest BCUT2D eigenvalue weighted by molar-refractivity contribution is 7.92. The first-order chi connectivity index (χ1) is 11.7. The highest BCUT2D eigenvalue weighted by atomic mass is 32.2. The van der Waals surface area contributed by atoms with Gasteiger partial charge in [-0.25, -0.2) is 8.42 Å². The largest absolute Gasteiger partial charge is 0.490 e. The summed E-state index contributed by atoms with van der Waals surface area (Å²) in [5, 5.41) is 11.0. The van der Waals surface area contributed by atoms with E-state index in [1.54, 1.807) is 0 Å². The monoisotopic (exact) mass is 374 g/mol. The van der Waals surface area contributed by atoms with Crippen LogP contribution in [0.2, 0.25) is 0 Å². The van der Waals surface area contributed by atoms with Gasteiger partial charge in [-0.15, -0.1) is 0 Å². The molecule has 0 bridgehead atoms. The molecule has 0 fully saturated rings. The van der Waals surface area contributed by atoms with Gasteiger partial charge in [0.2, 0.25) is 0 Å². The van der Waals surface area contributed by atoms with E-state index in [2.05, 4.69) is 9.46 Å². The summed E-state index contributed by atoms with van der Waals surface area (Å²) in [6, 6.07) is 7.89. The van der Waals surface area contributed by atoms with Crippen molar-refractivity contribution in [2.75, 3.05) is 11.8 Å². The van der Waals surface area contributed by atoms with Gasteiger partial charge in [0.25, 0.3) is 10.0 Å². The second kappa shape index (κ2) is 7.30. The van der Waals surface area contributed by atoms with Crippen molar-refractivity contribution in [3.05, 3.63) is 52.6 Å². The number of methoxy groups -OCH3 is 1. The lowest BCUT2D eigenvalue weighted by molar-refractivity contribution is -0.386. The summed E-state index contributed by atoms with van der Waals surface area (Å²) in [4.78, 5) is 9.86. The van der Waals surface area contributed by atoms with Crippen LogP contribution < -0.4 is 14.2 Å². The summed E-state index contributed by atoms with van der Waals surface area (Å²) in [6.45, 7) is -3.00. The molecule has 0 unspecified atom stereocenters. The van der Waals surface area contributed by atoms with Crippen LogP contribution in [0, 0.1) is 10.1 Å². The van der Waals surface area contributed by atoms with Crippen molar-refractivity contribution in [1.29, 1.82) is 0 Å². The number of sulfonamides is 1. The molecule has 0 saturated carbocycles. The van der Waals surface area contributed by atoms with Gasteiger partial charge in [-0.3, -0.25) is 14.8 Å². The molecule has 2 aromatic carbocycles. The molecule has 0 aliphatic rings. The molecule has 2 aromatic rings. The Kier molecular flexibility index (Phi) is 5.37. The van der Waals surface area contributed by atoms with Crippen LogP contribution in [0.3, 0.4) is 0 Å². The SMILES string of the molecule is COc1ccc(S(=O)(=O)Nc2ccc(OC(F)F)cc2)cc1[N+](=O)[O-]. The van der Waals surface area contributed by atoms with Crippen LogP contribution in [0.15, 0.2) is 47.4 Å². The van der Waals surface area contributed by atoms with Gasteiger partial charge in [0.1, 0.15) is 5.75 Å². The summed E-state index contributed by atoms with van der Waals surface area (Å²) < 4.78 is 59.9. The maximum Gasteiger partial charge on any atom is 0.387 e. The summed E-state index contributed by atoms with van der Waals surface area (Å²) in [5.74, 6) is -0.226. The molecule has 8 nitrogen and oxygen atoms in total. The number of nitrogens with one attached hydrogen (secondary N) is 1. The average molecular weight is 374 g/mol. The summed E-state index contributed by atoms with van der Waals surface area (Å²) in [6.07, 6.45) is 0. The molecule has 0 radical (unpaired) electrons. The van der Waals surface area contributed by atoms with E-state index in [1.807, 2.05) is 0 Å². The highest BCUT2D eigenvalue weighted by Crippen LogP contribution is 2.30. The third-order valence-corrected chi connectivity index (χ3v) is 4.37. The van der Waals surface area contributed by atoms with E-state index >= 15 is 0 Å². The Balaban J connectivity index is 2.27. The Bertz CT molecular complexity index is 871. The third kappa shape index (κ3) is 4.53. The Morgan fingerprint density at radius 2 is 1.80 bits per heavy atom. The molecule has 2 rings (SSSR count). The zero-order valence-electron chi connectivity index (χ0n) is 12.7. The molecule has 134 valence electrons. The Morgan fingerprint density at radius 1 is 1.16 bits per heavy atom. The topological polar surface area (TPSA) is 108 Å². The van der Waals surface area contributed by atoms with E-state index in [0.717, 1.165) is 30.3 Å². The molecule has 0 amide bonds. The van der Waals surface area contributed by atoms with Crippen LogP contribution in [0.5, 0.6) is 11.5 Å². The van der Waals surface area contributed by atoms with E-state index in [4.69, 9.17) is 4.74 Å². The number of rotatable bonds is 7. The zero-order chi connectivity index (χ0) is 18.6. The fraction of sp³-hybridized carbons (Fsp3) is 0.143. The fourth-order valence-corrected chi connectivity index (χ4v) is 2.98. The quantitative estimate of drug-likeness (QED) is 0.590. The predicted octanol–water partition coefficient (Wildman–Crippen LogP) is 3.01. The minimum atomic E-state index is -4.13. The second-order valence-electron chi connectivity index (χ2n) is 4.60.